The van der Waals surface area contributed by atoms with Crippen molar-refractivity contribution in [3.63, 3.8) is 0 Å². The Morgan fingerprint density at radius 2 is 1.55 bits per heavy atom. The third-order valence-electron chi connectivity index (χ3n) is 4.59. The van der Waals surface area contributed by atoms with Crippen LogP contribution in [0.3, 0.4) is 0 Å². The maximum absolute atomic E-state index is 13.3. The second-order valence-corrected chi connectivity index (χ2v) is 8.77. The van der Waals surface area contributed by atoms with Crippen LogP contribution >= 0.6 is 11.6 Å². The number of Topliss-reactive ketones (excluding diaryl/α,β-unsaturated/α-hetero) is 1. The molecule has 1 N–H and O–H groups in total. The maximum atomic E-state index is 13.3. The first-order chi connectivity index (χ1) is 14.0. The van der Waals surface area contributed by atoms with Gasteiger partial charge in [0.1, 0.15) is 0 Å². The fraction of sp³-hybridized carbons (Fsp3) is 0.0455. The van der Waals surface area contributed by atoms with Crippen LogP contribution in [0.15, 0.2) is 90.0 Å². The molecule has 0 atom stereocenters. The summed E-state index contributed by atoms with van der Waals surface area (Å²) in [6.07, 6.45) is 1.24. The van der Waals surface area contributed by atoms with Crippen molar-refractivity contribution in [2.45, 2.75) is 6.54 Å². The third kappa shape index (κ3) is 3.77. The first-order valence-electron chi connectivity index (χ1n) is 8.89. The molecule has 0 radical (unpaired) electrons. The minimum absolute atomic E-state index is 0.131. The molecule has 0 saturated heterocycles. The van der Waals surface area contributed by atoms with Crippen LogP contribution in [-0.4, -0.2) is 14.2 Å². The molecule has 3 aromatic rings. The summed E-state index contributed by atoms with van der Waals surface area (Å²) in [5.41, 5.74) is 2.18. The lowest BCUT2D eigenvalue weighted by Gasteiger charge is -2.31. The van der Waals surface area contributed by atoms with Crippen molar-refractivity contribution in [2.75, 3.05) is 9.62 Å². The Morgan fingerprint density at radius 1 is 0.897 bits per heavy atom. The monoisotopic (exact) mass is 424 g/mol. The molecule has 0 aromatic heterocycles. The number of nitrogens with one attached hydrogen (secondary N) is 1. The molecule has 5 nitrogen and oxygen atoms in total. The van der Waals surface area contributed by atoms with Crippen molar-refractivity contribution in [1.29, 1.82) is 0 Å². The smallest absolute Gasteiger partial charge is 0.270 e. The number of halogens is 1. The summed E-state index contributed by atoms with van der Waals surface area (Å²) in [7, 11) is -4.05. The fourth-order valence-corrected chi connectivity index (χ4v) is 4.79. The SMILES string of the molecule is O=C1/C(=C\Nc2ccc(Cl)cc2)S(=O)(=O)N(Cc2ccccc2)c2ccccc21. The molecular weight excluding hydrogens is 408 g/mol. The number of sulfonamides is 1. The van der Waals surface area contributed by atoms with Gasteiger partial charge in [-0.25, -0.2) is 8.42 Å². The van der Waals surface area contributed by atoms with Gasteiger partial charge in [0, 0.05) is 22.5 Å². The van der Waals surface area contributed by atoms with Gasteiger partial charge in [-0.1, -0.05) is 54.1 Å². The van der Waals surface area contributed by atoms with Gasteiger partial charge in [0.15, 0.2) is 4.91 Å². The van der Waals surface area contributed by atoms with E-state index < -0.39 is 15.8 Å². The fourth-order valence-electron chi connectivity index (χ4n) is 3.14. The van der Waals surface area contributed by atoms with Crippen molar-refractivity contribution in [1.82, 2.24) is 0 Å². The lowest BCUT2D eigenvalue weighted by molar-refractivity contribution is 0.104. The number of allylic oxidation sites excluding steroid dienone is 1. The second kappa shape index (κ2) is 7.73. The molecule has 0 unspecified atom stereocenters. The van der Waals surface area contributed by atoms with Gasteiger partial charge in [-0.3, -0.25) is 9.10 Å². The molecule has 0 saturated carbocycles. The van der Waals surface area contributed by atoms with E-state index in [9.17, 15) is 13.2 Å². The molecule has 1 aliphatic rings. The highest BCUT2D eigenvalue weighted by molar-refractivity contribution is 7.97. The molecule has 0 spiro atoms. The molecule has 0 amide bonds. The Labute approximate surface area is 174 Å². The highest BCUT2D eigenvalue weighted by Crippen LogP contribution is 2.36. The Hall–Kier alpha value is -3.09. The van der Waals surface area contributed by atoms with Crippen LogP contribution in [0.1, 0.15) is 15.9 Å². The number of para-hydroxylation sites is 1. The van der Waals surface area contributed by atoms with E-state index in [1.54, 1.807) is 48.5 Å². The quantitative estimate of drug-likeness (QED) is 0.609. The molecule has 7 heteroatoms. The summed E-state index contributed by atoms with van der Waals surface area (Å²) < 4.78 is 28.0. The average Bonchev–Trinajstić information content (AvgIpc) is 2.73. The van der Waals surface area contributed by atoms with E-state index in [-0.39, 0.29) is 11.4 Å². The summed E-state index contributed by atoms with van der Waals surface area (Å²) in [4.78, 5) is 12.7. The van der Waals surface area contributed by atoms with Gasteiger partial charge in [-0.05, 0) is 42.0 Å². The standard InChI is InChI=1S/C22H17ClN2O3S/c23-17-10-12-18(13-11-17)24-14-21-22(26)19-8-4-5-9-20(19)25(29(21,27)28)15-16-6-2-1-3-7-16/h1-14,24H,15H2/b21-14+. The molecule has 146 valence electrons. The zero-order valence-corrected chi connectivity index (χ0v) is 16.8. The van der Waals surface area contributed by atoms with Crippen molar-refractivity contribution < 1.29 is 13.2 Å². The van der Waals surface area contributed by atoms with Crippen LogP contribution in [0.4, 0.5) is 11.4 Å². The van der Waals surface area contributed by atoms with E-state index in [1.165, 1.54) is 10.5 Å². The van der Waals surface area contributed by atoms with Crippen molar-refractivity contribution in [3.05, 3.63) is 106 Å². The van der Waals surface area contributed by atoms with Gasteiger partial charge in [0.25, 0.3) is 10.0 Å². The summed E-state index contributed by atoms with van der Waals surface area (Å²) in [6.45, 7) is 0.131. The van der Waals surface area contributed by atoms with E-state index in [2.05, 4.69) is 5.32 Å². The lowest BCUT2D eigenvalue weighted by Crippen LogP contribution is -2.39. The Kier molecular flexibility index (Phi) is 5.13. The number of carbonyl (C=O) groups excluding carboxylic acids is 1. The summed E-state index contributed by atoms with van der Waals surface area (Å²) in [5.74, 6) is -0.536. The summed E-state index contributed by atoms with van der Waals surface area (Å²) in [5, 5.41) is 3.46. The van der Waals surface area contributed by atoms with Crippen LogP contribution in [-0.2, 0) is 16.6 Å². The van der Waals surface area contributed by atoms with Crippen LogP contribution < -0.4 is 9.62 Å². The van der Waals surface area contributed by atoms with E-state index in [0.717, 1.165) is 5.56 Å². The van der Waals surface area contributed by atoms with Crippen molar-refractivity contribution in [3.8, 4) is 0 Å². The molecule has 0 aliphatic carbocycles. The summed E-state index contributed by atoms with van der Waals surface area (Å²) >= 11 is 5.88. The highest BCUT2D eigenvalue weighted by Gasteiger charge is 2.39. The predicted molar refractivity (Wildman–Crippen MR) is 115 cm³/mol. The number of fused-ring (bicyclic) bond motifs is 1. The minimum Gasteiger partial charge on any atom is -0.360 e. The number of rotatable bonds is 4. The Morgan fingerprint density at radius 3 is 2.28 bits per heavy atom. The topological polar surface area (TPSA) is 66.5 Å². The molecule has 1 aliphatic heterocycles. The van der Waals surface area contributed by atoms with Crippen LogP contribution in [0, 0.1) is 0 Å². The van der Waals surface area contributed by atoms with E-state index in [1.807, 2.05) is 30.3 Å². The van der Waals surface area contributed by atoms with Crippen molar-refractivity contribution in [2.24, 2.45) is 0 Å². The number of nitrogens with zero attached hydrogens (tertiary/aromatic N) is 1. The van der Waals surface area contributed by atoms with E-state index in [4.69, 9.17) is 11.6 Å². The van der Waals surface area contributed by atoms with Crippen LogP contribution in [0.25, 0.3) is 0 Å². The van der Waals surface area contributed by atoms with Gasteiger partial charge >= 0.3 is 0 Å². The van der Waals surface area contributed by atoms with E-state index in [0.29, 0.717) is 22.0 Å². The van der Waals surface area contributed by atoms with Gasteiger partial charge in [-0.15, -0.1) is 0 Å². The number of anilines is 2. The maximum Gasteiger partial charge on any atom is 0.270 e. The molecule has 0 bridgehead atoms. The lowest BCUT2D eigenvalue weighted by atomic mass is 10.1. The number of hydrogen-bond acceptors (Lipinski definition) is 4. The molecule has 1 heterocycles. The zero-order chi connectivity index (χ0) is 20.4. The number of benzene rings is 3. The number of ketones is 1. The largest absolute Gasteiger partial charge is 0.360 e. The highest BCUT2D eigenvalue weighted by atomic mass is 35.5. The summed E-state index contributed by atoms with van der Waals surface area (Å²) in [6, 6.07) is 22.8. The Balaban J connectivity index is 1.77. The second-order valence-electron chi connectivity index (χ2n) is 6.50. The number of carbonyl (C=O) groups is 1. The predicted octanol–water partition coefficient (Wildman–Crippen LogP) is 4.83. The van der Waals surface area contributed by atoms with Crippen LogP contribution in [0.2, 0.25) is 5.02 Å². The van der Waals surface area contributed by atoms with Gasteiger partial charge in [-0.2, -0.15) is 0 Å². The van der Waals surface area contributed by atoms with Gasteiger partial charge < -0.3 is 5.32 Å². The van der Waals surface area contributed by atoms with Gasteiger partial charge in [0.2, 0.25) is 5.78 Å². The van der Waals surface area contributed by atoms with E-state index >= 15 is 0 Å². The first-order valence-corrected chi connectivity index (χ1v) is 10.7. The third-order valence-corrected chi connectivity index (χ3v) is 6.61. The van der Waals surface area contributed by atoms with Crippen LogP contribution in [0.5, 0.6) is 0 Å². The van der Waals surface area contributed by atoms with Gasteiger partial charge in [0.05, 0.1) is 12.2 Å². The number of hydrogen-bond donors (Lipinski definition) is 1. The molecule has 4 rings (SSSR count). The Bertz CT molecular complexity index is 1190. The molecular formula is C22H17ClN2O3S. The molecule has 0 fully saturated rings. The zero-order valence-electron chi connectivity index (χ0n) is 15.2. The first kappa shape index (κ1) is 19.2. The normalized spacial score (nSPS) is 16.5. The molecule has 29 heavy (non-hydrogen) atoms. The van der Waals surface area contributed by atoms with Crippen molar-refractivity contribution >= 4 is 38.8 Å². The average molecular weight is 425 g/mol. The minimum atomic E-state index is -4.05. The molecule has 3 aromatic carbocycles.